The summed E-state index contributed by atoms with van der Waals surface area (Å²) >= 11 is 0. The van der Waals surface area contributed by atoms with Crippen LogP contribution in [0.3, 0.4) is 0 Å². The first-order valence-corrected chi connectivity index (χ1v) is 17.3. The number of methoxy groups -OCH3 is 4. The normalized spacial score (nSPS) is 15.0. The number of alkyl halides is 3. The van der Waals surface area contributed by atoms with Gasteiger partial charge in [0.25, 0.3) is 0 Å². The molecule has 1 aliphatic carbocycles. The summed E-state index contributed by atoms with van der Waals surface area (Å²) in [6.07, 6.45) is -0.433. The third kappa shape index (κ3) is 6.23. The molecule has 0 aromatic heterocycles. The molecule has 0 fully saturated rings. The molecule has 0 N–H and O–H groups in total. The van der Waals surface area contributed by atoms with Crippen LogP contribution in [0.25, 0.3) is 28.0 Å². The maximum atomic E-state index is 14.1. The minimum atomic E-state index is -4.49. The summed E-state index contributed by atoms with van der Waals surface area (Å²) in [4.78, 5) is 0. The lowest BCUT2D eigenvalue weighted by atomic mass is 9.76. The molecular weight excluding hydrogens is 685 g/mol. The van der Waals surface area contributed by atoms with Crippen molar-refractivity contribution in [3.63, 3.8) is 0 Å². The van der Waals surface area contributed by atoms with Crippen molar-refractivity contribution in [1.82, 2.24) is 0 Å². The first-order valence-electron chi connectivity index (χ1n) is 17.3. The molecule has 7 nitrogen and oxygen atoms in total. The highest BCUT2D eigenvalue weighted by Gasteiger charge is 2.45. The van der Waals surface area contributed by atoms with Gasteiger partial charge in [-0.1, -0.05) is 50.3 Å². The molecule has 7 rings (SSSR count). The van der Waals surface area contributed by atoms with Gasteiger partial charge in [0.1, 0.15) is 30.5 Å². The SMILES string of the molecule is COCCOc1ccc(C2(c3ccc(OCCOC)cc3)C=Cc3c4c(c5cc(OC)c(OC)cc5c3O2)-c2ccc(C(F)(F)F)cc2C4(C)C)cc1. The largest absolute Gasteiger partial charge is 0.493 e. The van der Waals surface area contributed by atoms with E-state index in [1.807, 2.05) is 86.7 Å². The van der Waals surface area contributed by atoms with E-state index in [2.05, 4.69) is 0 Å². The highest BCUT2D eigenvalue weighted by Crippen LogP contribution is 2.59. The van der Waals surface area contributed by atoms with E-state index in [9.17, 15) is 13.2 Å². The highest BCUT2D eigenvalue weighted by molar-refractivity contribution is 6.09. The molecule has 5 aromatic carbocycles. The second kappa shape index (κ2) is 14.0. The van der Waals surface area contributed by atoms with Crippen LogP contribution in [-0.4, -0.2) is 54.9 Å². The van der Waals surface area contributed by atoms with Crippen molar-refractivity contribution in [3.05, 3.63) is 118 Å². The lowest BCUT2D eigenvalue weighted by Gasteiger charge is -2.38. The van der Waals surface area contributed by atoms with Crippen LogP contribution in [0, 0.1) is 0 Å². The zero-order chi connectivity index (χ0) is 37.5. The third-order valence-corrected chi connectivity index (χ3v) is 10.1. The third-order valence-electron chi connectivity index (χ3n) is 10.1. The lowest BCUT2D eigenvalue weighted by molar-refractivity contribution is -0.137. The van der Waals surface area contributed by atoms with E-state index in [1.165, 1.54) is 6.07 Å². The van der Waals surface area contributed by atoms with Crippen LogP contribution in [0.1, 0.15) is 47.2 Å². The van der Waals surface area contributed by atoms with Crippen molar-refractivity contribution in [2.24, 2.45) is 0 Å². The zero-order valence-corrected chi connectivity index (χ0v) is 30.5. The quantitative estimate of drug-likeness (QED) is 0.119. The fraction of sp³-hybridized carbons (Fsp3) is 0.302. The van der Waals surface area contributed by atoms with Crippen LogP contribution in [0.5, 0.6) is 28.7 Å². The van der Waals surface area contributed by atoms with E-state index in [0.29, 0.717) is 60.7 Å². The molecule has 0 saturated carbocycles. The summed E-state index contributed by atoms with van der Waals surface area (Å²) in [6.45, 7) is 5.64. The van der Waals surface area contributed by atoms with Gasteiger partial charge in [-0.25, -0.2) is 0 Å². The minimum Gasteiger partial charge on any atom is -0.493 e. The molecule has 0 saturated heterocycles. The predicted molar refractivity (Wildman–Crippen MR) is 198 cm³/mol. The number of ether oxygens (including phenoxy) is 7. The van der Waals surface area contributed by atoms with Crippen LogP contribution in [0.2, 0.25) is 0 Å². The Kier molecular flexibility index (Phi) is 9.55. The zero-order valence-electron chi connectivity index (χ0n) is 30.5. The molecule has 0 radical (unpaired) electrons. The van der Waals surface area contributed by atoms with Crippen LogP contribution in [0.15, 0.2) is 84.9 Å². The van der Waals surface area contributed by atoms with E-state index >= 15 is 0 Å². The van der Waals surface area contributed by atoms with Crippen LogP contribution in [-0.2, 0) is 26.7 Å². The Morgan fingerprint density at radius 1 is 0.660 bits per heavy atom. The molecular formula is C43H41F3O7. The molecule has 0 bridgehead atoms. The Balaban J connectivity index is 1.46. The van der Waals surface area contributed by atoms with Gasteiger partial charge in [-0.2, -0.15) is 13.2 Å². The Morgan fingerprint density at radius 3 is 1.72 bits per heavy atom. The average molecular weight is 727 g/mol. The number of hydrogen-bond donors (Lipinski definition) is 0. The van der Waals surface area contributed by atoms with Crippen molar-refractivity contribution < 1.29 is 46.3 Å². The van der Waals surface area contributed by atoms with Crippen molar-refractivity contribution in [2.45, 2.75) is 31.0 Å². The molecule has 2 aliphatic rings. The van der Waals surface area contributed by atoms with Crippen molar-refractivity contribution >= 4 is 16.8 Å². The average Bonchev–Trinajstić information content (AvgIpc) is 3.40. The van der Waals surface area contributed by atoms with E-state index in [1.54, 1.807) is 34.5 Å². The van der Waals surface area contributed by atoms with E-state index in [0.717, 1.165) is 50.2 Å². The standard InChI is InChI=1S/C43H41F3O7/c1-41(2)35-23-28(43(44,45)46)11-16-31(35)38-33-24-36(49-5)37(50-6)25-34(33)40-32(39(38)41)17-18-42(53-40,26-7-12-29(13-8-26)51-21-19-47-3)27-9-14-30(15-10-27)52-22-20-48-4/h7-18,23-25H,19-22H2,1-6H3. The van der Waals surface area contributed by atoms with E-state index < -0.39 is 22.8 Å². The number of rotatable bonds is 12. The highest BCUT2D eigenvalue weighted by atomic mass is 19.4. The maximum Gasteiger partial charge on any atom is 0.416 e. The minimum absolute atomic E-state index is 0.403. The molecule has 0 atom stereocenters. The van der Waals surface area contributed by atoms with Crippen LogP contribution in [0.4, 0.5) is 13.2 Å². The first kappa shape index (κ1) is 36.2. The van der Waals surface area contributed by atoms with Gasteiger partial charge in [-0.05, 0) is 82.2 Å². The lowest BCUT2D eigenvalue weighted by Crippen LogP contribution is -2.35. The maximum absolute atomic E-state index is 14.1. The van der Waals surface area contributed by atoms with Crippen molar-refractivity contribution in [1.29, 1.82) is 0 Å². The molecule has 0 unspecified atom stereocenters. The summed E-state index contributed by atoms with van der Waals surface area (Å²) in [7, 11) is 6.38. The smallest absolute Gasteiger partial charge is 0.416 e. The number of fused-ring (bicyclic) bond motifs is 8. The Bertz CT molecular complexity index is 2120. The van der Waals surface area contributed by atoms with E-state index in [-0.39, 0.29) is 0 Å². The van der Waals surface area contributed by atoms with E-state index in [4.69, 9.17) is 33.2 Å². The van der Waals surface area contributed by atoms with Crippen molar-refractivity contribution in [3.8, 4) is 39.9 Å². The number of halogens is 3. The molecule has 1 aliphatic heterocycles. The predicted octanol–water partition coefficient (Wildman–Crippen LogP) is 9.58. The molecule has 0 spiro atoms. The second-order valence-electron chi connectivity index (χ2n) is 13.5. The number of hydrogen-bond acceptors (Lipinski definition) is 7. The van der Waals surface area contributed by atoms with Crippen LogP contribution >= 0.6 is 0 Å². The van der Waals surface area contributed by atoms with Gasteiger partial charge in [-0.3, -0.25) is 0 Å². The molecule has 1 heterocycles. The summed E-state index contributed by atoms with van der Waals surface area (Å²) in [5, 5.41) is 1.50. The topological polar surface area (TPSA) is 64.6 Å². The number of benzene rings is 5. The van der Waals surface area contributed by atoms with Crippen molar-refractivity contribution in [2.75, 3.05) is 54.9 Å². The van der Waals surface area contributed by atoms with Gasteiger partial charge in [0.15, 0.2) is 17.1 Å². The molecule has 5 aromatic rings. The summed E-state index contributed by atoms with van der Waals surface area (Å²) in [5.74, 6) is 2.92. The molecule has 0 amide bonds. The molecule has 53 heavy (non-hydrogen) atoms. The second-order valence-corrected chi connectivity index (χ2v) is 13.5. The first-order chi connectivity index (χ1) is 25.5. The Morgan fingerprint density at radius 2 is 1.21 bits per heavy atom. The van der Waals surface area contributed by atoms with Gasteiger partial charge in [-0.15, -0.1) is 0 Å². The fourth-order valence-electron chi connectivity index (χ4n) is 7.55. The van der Waals surface area contributed by atoms with Gasteiger partial charge in [0.2, 0.25) is 0 Å². The van der Waals surface area contributed by atoms with Gasteiger partial charge >= 0.3 is 6.18 Å². The summed E-state index contributed by atoms with van der Waals surface area (Å²) in [5.41, 5.74) is 2.84. The molecule has 10 heteroatoms. The summed E-state index contributed by atoms with van der Waals surface area (Å²) in [6, 6.07) is 23.2. The van der Waals surface area contributed by atoms with Gasteiger partial charge in [0, 0.05) is 41.7 Å². The van der Waals surface area contributed by atoms with Gasteiger partial charge < -0.3 is 33.2 Å². The summed E-state index contributed by atoms with van der Waals surface area (Å²) < 4.78 is 83.2. The van der Waals surface area contributed by atoms with Crippen LogP contribution < -0.4 is 23.7 Å². The fourth-order valence-corrected chi connectivity index (χ4v) is 7.55. The van der Waals surface area contributed by atoms with Gasteiger partial charge in [0.05, 0.1) is 33.0 Å². The molecule has 276 valence electrons. The Hall–Kier alpha value is -5.19. The Labute approximate surface area is 306 Å². The monoisotopic (exact) mass is 726 g/mol.